The Hall–Kier alpha value is -3.47. The van der Waals surface area contributed by atoms with Gasteiger partial charge in [0, 0.05) is 43.3 Å². The lowest BCUT2D eigenvalue weighted by Crippen LogP contribution is -2.07. The Morgan fingerprint density at radius 2 is 1.90 bits per heavy atom. The van der Waals surface area contributed by atoms with E-state index in [1.807, 2.05) is 24.4 Å². The van der Waals surface area contributed by atoms with Crippen molar-refractivity contribution in [3.63, 3.8) is 0 Å². The number of aromatic nitrogens is 3. The summed E-state index contributed by atoms with van der Waals surface area (Å²) in [6.07, 6.45) is 10.3. The third-order valence-electron chi connectivity index (χ3n) is 5.58. The zero-order valence-corrected chi connectivity index (χ0v) is 16.0. The standard InChI is InChI=1S/C24H21N3O2/c28-24(29)21-13-20(18-2-3-18)14-26-22(21)12-17-1-4-23-19(11-17)7-10-27(23)15-16-5-8-25-9-6-16/h1,4-11,13-14,18H,2-3,12,15H2,(H,28,29). The second-order valence-electron chi connectivity index (χ2n) is 7.71. The topological polar surface area (TPSA) is 68.0 Å². The number of benzene rings is 1. The molecule has 0 saturated heterocycles. The molecule has 1 aromatic carbocycles. The van der Waals surface area contributed by atoms with Crippen LogP contribution in [0.15, 0.2) is 67.3 Å². The smallest absolute Gasteiger partial charge is 0.337 e. The highest BCUT2D eigenvalue weighted by Gasteiger charge is 2.25. The van der Waals surface area contributed by atoms with Crippen molar-refractivity contribution >= 4 is 16.9 Å². The van der Waals surface area contributed by atoms with Crippen LogP contribution in [-0.4, -0.2) is 25.6 Å². The van der Waals surface area contributed by atoms with E-state index in [9.17, 15) is 9.90 Å². The van der Waals surface area contributed by atoms with E-state index >= 15 is 0 Å². The first kappa shape index (κ1) is 17.6. The van der Waals surface area contributed by atoms with E-state index in [2.05, 4.69) is 45.0 Å². The zero-order chi connectivity index (χ0) is 19.8. The highest BCUT2D eigenvalue weighted by atomic mass is 16.4. The number of rotatable bonds is 6. The quantitative estimate of drug-likeness (QED) is 0.526. The van der Waals surface area contributed by atoms with E-state index in [1.54, 1.807) is 12.4 Å². The van der Waals surface area contributed by atoms with Gasteiger partial charge in [0.15, 0.2) is 0 Å². The molecule has 0 amide bonds. The fraction of sp³-hybridized carbons (Fsp3) is 0.208. The monoisotopic (exact) mass is 383 g/mol. The van der Waals surface area contributed by atoms with Gasteiger partial charge in [-0.3, -0.25) is 9.97 Å². The van der Waals surface area contributed by atoms with Crippen LogP contribution in [0.2, 0.25) is 0 Å². The van der Waals surface area contributed by atoms with Crippen LogP contribution in [-0.2, 0) is 13.0 Å². The number of nitrogens with zero attached hydrogens (tertiary/aromatic N) is 3. The number of carbonyl (C=O) groups is 1. The molecule has 1 aliphatic carbocycles. The highest BCUT2D eigenvalue weighted by Crippen LogP contribution is 2.40. The summed E-state index contributed by atoms with van der Waals surface area (Å²) in [6.45, 7) is 0.790. The van der Waals surface area contributed by atoms with Crippen LogP contribution >= 0.6 is 0 Å². The summed E-state index contributed by atoms with van der Waals surface area (Å²) in [7, 11) is 0. The van der Waals surface area contributed by atoms with Gasteiger partial charge in [0.05, 0.1) is 11.3 Å². The normalized spacial score (nSPS) is 13.7. The predicted octanol–water partition coefficient (Wildman–Crippen LogP) is 4.65. The first-order valence-corrected chi connectivity index (χ1v) is 9.86. The minimum absolute atomic E-state index is 0.324. The molecule has 0 radical (unpaired) electrons. The summed E-state index contributed by atoms with van der Waals surface area (Å²) in [5.74, 6) is -0.411. The van der Waals surface area contributed by atoms with Crippen molar-refractivity contribution in [3.05, 3.63) is 95.2 Å². The molecule has 0 spiro atoms. The summed E-state index contributed by atoms with van der Waals surface area (Å²) >= 11 is 0. The maximum absolute atomic E-state index is 11.7. The van der Waals surface area contributed by atoms with Crippen LogP contribution in [0.3, 0.4) is 0 Å². The lowest BCUT2D eigenvalue weighted by Gasteiger charge is -2.09. The molecule has 1 saturated carbocycles. The molecule has 144 valence electrons. The second kappa shape index (κ2) is 7.17. The van der Waals surface area contributed by atoms with Gasteiger partial charge in [0.1, 0.15) is 0 Å². The largest absolute Gasteiger partial charge is 0.478 e. The van der Waals surface area contributed by atoms with Crippen LogP contribution in [0.25, 0.3) is 10.9 Å². The lowest BCUT2D eigenvalue weighted by molar-refractivity contribution is 0.0695. The molecule has 0 unspecified atom stereocenters. The first-order chi connectivity index (χ1) is 14.2. The Kier molecular flexibility index (Phi) is 4.35. The van der Waals surface area contributed by atoms with Crippen molar-refractivity contribution in [2.75, 3.05) is 0 Å². The molecule has 0 bridgehead atoms. The Bertz CT molecular complexity index is 1190. The third-order valence-corrected chi connectivity index (χ3v) is 5.58. The Labute approximate surface area is 168 Å². The fourth-order valence-corrected chi connectivity index (χ4v) is 3.85. The average Bonchev–Trinajstić information content (AvgIpc) is 3.51. The van der Waals surface area contributed by atoms with Gasteiger partial charge in [-0.05, 0) is 77.2 Å². The van der Waals surface area contributed by atoms with Crippen molar-refractivity contribution in [1.29, 1.82) is 0 Å². The van der Waals surface area contributed by atoms with E-state index in [0.717, 1.165) is 41.4 Å². The molecule has 0 atom stereocenters. The van der Waals surface area contributed by atoms with E-state index < -0.39 is 5.97 Å². The van der Waals surface area contributed by atoms with Gasteiger partial charge in [-0.1, -0.05) is 6.07 Å². The fourth-order valence-electron chi connectivity index (χ4n) is 3.85. The molecule has 0 aliphatic heterocycles. The van der Waals surface area contributed by atoms with Crippen molar-refractivity contribution in [2.24, 2.45) is 0 Å². The lowest BCUT2D eigenvalue weighted by atomic mass is 10.0. The number of fused-ring (bicyclic) bond motifs is 1. The second-order valence-corrected chi connectivity index (χ2v) is 7.71. The molecule has 1 fully saturated rings. The molecule has 4 aromatic rings. The highest BCUT2D eigenvalue weighted by molar-refractivity contribution is 5.89. The third kappa shape index (κ3) is 3.63. The molecule has 1 N–H and O–H groups in total. The zero-order valence-electron chi connectivity index (χ0n) is 16.0. The molecule has 1 aliphatic rings. The molecule has 5 rings (SSSR count). The predicted molar refractivity (Wildman–Crippen MR) is 111 cm³/mol. The van der Waals surface area contributed by atoms with Crippen LogP contribution in [0, 0.1) is 0 Å². The molecule has 3 aromatic heterocycles. The van der Waals surface area contributed by atoms with Gasteiger partial charge >= 0.3 is 5.97 Å². The number of carboxylic acids is 1. The van der Waals surface area contributed by atoms with Gasteiger partial charge in [-0.25, -0.2) is 4.79 Å². The van der Waals surface area contributed by atoms with E-state index in [4.69, 9.17) is 0 Å². The van der Waals surface area contributed by atoms with Gasteiger partial charge in [-0.15, -0.1) is 0 Å². The van der Waals surface area contributed by atoms with Crippen molar-refractivity contribution in [3.8, 4) is 0 Å². The van der Waals surface area contributed by atoms with E-state index in [-0.39, 0.29) is 0 Å². The molecular formula is C24H21N3O2. The molecular weight excluding hydrogens is 362 g/mol. The summed E-state index contributed by atoms with van der Waals surface area (Å²) in [6, 6.07) is 14.2. The van der Waals surface area contributed by atoms with Gasteiger partial charge in [0.2, 0.25) is 0 Å². The molecule has 29 heavy (non-hydrogen) atoms. The van der Waals surface area contributed by atoms with Gasteiger partial charge in [0.25, 0.3) is 0 Å². The summed E-state index contributed by atoms with van der Waals surface area (Å²) in [5.41, 5.74) is 5.42. The van der Waals surface area contributed by atoms with E-state index in [0.29, 0.717) is 23.6 Å². The molecule has 3 heterocycles. The minimum atomic E-state index is -0.903. The van der Waals surface area contributed by atoms with Crippen LogP contribution < -0.4 is 0 Å². The number of hydrogen-bond acceptors (Lipinski definition) is 3. The van der Waals surface area contributed by atoms with Gasteiger partial charge in [-0.2, -0.15) is 0 Å². The molecule has 5 heteroatoms. The SMILES string of the molecule is O=C(O)c1cc(C2CC2)cnc1Cc1ccc2c(ccn2Cc2ccncc2)c1. The minimum Gasteiger partial charge on any atom is -0.478 e. The maximum Gasteiger partial charge on any atom is 0.337 e. The average molecular weight is 383 g/mol. The number of carboxylic acid groups (broad SMARTS) is 1. The van der Waals surface area contributed by atoms with Crippen molar-refractivity contribution in [1.82, 2.24) is 14.5 Å². The Morgan fingerprint density at radius 1 is 1.07 bits per heavy atom. The number of aromatic carboxylic acids is 1. The summed E-state index contributed by atoms with van der Waals surface area (Å²) in [4.78, 5) is 20.3. The summed E-state index contributed by atoms with van der Waals surface area (Å²) in [5, 5.41) is 10.8. The maximum atomic E-state index is 11.7. The van der Waals surface area contributed by atoms with Crippen molar-refractivity contribution < 1.29 is 9.90 Å². The van der Waals surface area contributed by atoms with Crippen LogP contribution in [0.1, 0.15) is 51.5 Å². The molecule has 5 nitrogen and oxygen atoms in total. The van der Waals surface area contributed by atoms with Crippen LogP contribution in [0.4, 0.5) is 0 Å². The van der Waals surface area contributed by atoms with E-state index in [1.165, 1.54) is 5.56 Å². The number of pyridine rings is 2. The van der Waals surface area contributed by atoms with Crippen molar-refractivity contribution in [2.45, 2.75) is 31.7 Å². The first-order valence-electron chi connectivity index (χ1n) is 9.86. The van der Waals surface area contributed by atoms with Crippen LogP contribution in [0.5, 0.6) is 0 Å². The Balaban J connectivity index is 1.42. The Morgan fingerprint density at radius 3 is 2.66 bits per heavy atom. The number of hydrogen-bond donors (Lipinski definition) is 1. The van der Waals surface area contributed by atoms with Gasteiger partial charge < -0.3 is 9.67 Å². The summed E-state index contributed by atoms with van der Waals surface area (Å²) < 4.78 is 2.21.